The van der Waals surface area contributed by atoms with E-state index in [1.54, 1.807) is 4.90 Å². The van der Waals surface area contributed by atoms with Crippen molar-refractivity contribution in [3.8, 4) is 0 Å². The summed E-state index contributed by atoms with van der Waals surface area (Å²) < 4.78 is 0. The standard InChI is InChI=1S/C14H26N2O2/c1-9(2)6-12-14(18)16(8-13(17)15-12)7-11(5)10(3)4/h9-12H,6-8H2,1-5H3,(H,15,17). The zero-order valence-electron chi connectivity index (χ0n) is 12.2. The zero-order chi connectivity index (χ0) is 13.9. The van der Waals surface area contributed by atoms with Gasteiger partial charge in [0.1, 0.15) is 6.04 Å². The first-order chi connectivity index (χ1) is 8.31. The minimum Gasteiger partial charge on any atom is -0.343 e. The number of nitrogens with zero attached hydrogens (tertiary/aromatic N) is 1. The van der Waals surface area contributed by atoms with E-state index in [0.717, 1.165) is 6.42 Å². The molecule has 4 nitrogen and oxygen atoms in total. The molecular formula is C14H26N2O2. The maximum atomic E-state index is 12.3. The van der Waals surface area contributed by atoms with Crippen molar-refractivity contribution in [3.63, 3.8) is 0 Å². The molecule has 1 aliphatic rings. The van der Waals surface area contributed by atoms with Crippen molar-refractivity contribution in [1.29, 1.82) is 0 Å². The maximum absolute atomic E-state index is 12.3. The summed E-state index contributed by atoms with van der Waals surface area (Å²) in [4.78, 5) is 25.7. The molecule has 0 saturated carbocycles. The fourth-order valence-electron chi connectivity index (χ4n) is 2.12. The monoisotopic (exact) mass is 254 g/mol. The highest BCUT2D eigenvalue weighted by Crippen LogP contribution is 2.16. The molecule has 1 heterocycles. The van der Waals surface area contributed by atoms with Crippen LogP contribution in [-0.2, 0) is 9.59 Å². The summed E-state index contributed by atoms with van der Waals surface area (Å²) in [7, 11) is 0. The molecule has 104 valence electrons. The van der Waals surface area contributed by atoms with Crippen molar-refractivity contribution >= 4 is 11.8 Å². The first-order valence-corrected chi connectivity index (χ1v) is 6.89. The summed E-state index contributed by atoms with van der Waals surface area (Å²) in [5, 5.41) is 2.80. The summed E-state index contributed by atoms with van der Waals surface area (Å²) in [6.45, 7) is 11.4. The van der Waals surface area contributed by atoms with E-state index >= 15 is 0 Å². The highest BCUT2D eigenvalue weighted by atomic mass is 16.2. The van der Waals surface area contributed by atoms with Crippen LogP contribution in [0.2, 0.25) is 0 Å². The van der Waals surface area contributed by atoms with Gasteiger partial charge in [-0.3, -0.25) is 9.59 Å². The van der Waals surface area contributed by atoms with E-state index in [1.807, 2.05) is 0 Å². The van der Waals surface area contributed by atoms with Crippen LogP contribution in [0.1, 0.15) is 41.0 Å². The van der Waals surface area contributed by atoms with Crippen molar-refractivity contribution in [1.82, 2.24) is 10.2 Å². The summed E-state index contributed by atoms with van der Waals surface area (Å²) in [5.41, 5.74) is 0. The minimum atomic E-state index is -0.328. The molecule has 18 heavy (non-hydrogen) atoms. The smallest absolute Gasteiger partial charge is 0.245 e. The van der Waals surface area contributed by atoms with Crippen molar-refractivity contribution in [2.75, 3.05) is 13.1 Å². The molecule has 2 atom stereocenters. The average molecular weight is 254 g/mol. The van der Waals surface area contributed by atoms with Crippen LogP contribution in [0.25, 0.3) is 0 Å². The third kappa shape index (κ3) is 4.00. The predicted octanol–water partition coefficient (Wildman–Crippen LogP) is 1.65. The Morgan fingerprint density at radius 3 is 2.33 bits per heavy atom. The fourth-order valence-corrected chi connectivity index (χ4v) is 2.12. The van der Waals surface area contributed by atoms with Gasteiger partial charge in [0.2, 0.25) is 11.8 Å². The lowest BCUT2D eigenvalue weighted by molar-refractivity contribution is -0.145. The van der Waals surface area contributed by atoms with Gasteiger partial charge in [0.25, 0.3) is 0 Å². The number of rotatable bonds is 5. The molecular weight excluding hydrogens is 228 g/mol. The Kier molecular flexibility index (Phi) is 5.17. The lowest BCUT2D eigenvalue weighted by atomic mass is 9.95. The van der Waals surface area contributed by atoms with Gasteiger partial charge in [-0.2, -0.15) is 0 Å². The van der Waals surface area contributed by atoms with Gasteiger partial charge < -0.3 is 10.2 Å². The lowest BCUT2D eigenvalue weighted by Crippen LogP contribution is -2.59. The molecule has 0 radical (unpaired) electrons. The largest absolute Gasteiger partial charge is 0.343 e. The Bertz CT molecular complexity index is 313. The number of carbonyl (C=O) groups excluding carboxylic acids is 2. The zero-order valence-corrected chi connectivity index (χ0v) is 12.2. The predicted molar refractivity (Wildman–Crippen MR) is 72.0 cm³/mol. The molecule has 1 N–H and O–H groups in total. The van der Waals surface area contributed by atoms with Crippen LogP contribution in [0.4, 0.5) is 0 Å². The van der Waals surface area contributed by atoms with Gasteiger partial charge in [-0.05, 0) is 24.2 Å². The summed E-state index contributed by atoms with van der Waals surface area (Å²) in [5.74, 6) is 1.39. The molecule has 0 aromatic rings. The van der Waals surface area contributed by atoms with E-state index in [2.05, 4.69) is 39.9 Å². The van der Waals surface area contributed by atoms with Gasteiger partial charge in [-0.25, -0.2) is 0 Å². The fraction of sp³-hybridized carbons (Fsp3) is 0.857. The average Bonchev–Trinajstić information content (AvgIpc) is 2.23. The highest BCUT2D eigenvalue weighted by Gasteiger charge is 2.33. The van der Waals surface area contributed by atoms with E-state index in [9.17, 15) is 9.59 Å². The van der Waals surface area contributed by atoms with Gasteiger partial charge >= 0.3 is 0 Å². The Labute approximate surface area is 110 Å². The Morgan fingerprint density at radius 1 is 1.22 bits per heavy atom. The molecule has 0 aromatic carbocycles. The Balaban J connectivity index is 2.67. The maximum Gasteiger partial charge on any atom is 0.245 e. The number of hydrogen-bond acceptors (Lipinski definition) is 2. The van der Waals surface area contributed by atoms with E-state index < -0.39 is 0 Å². The van der Waals surface area contributed by atoms with E-state index in [4.69, 9.17) is 0 Å². The van der Waals surface area contributed by atoms with Crippen molar-refractivity contribution in [3.05, 3.63) is 0 Å². The first kappa shape index (κ1) is 15.0. The summed E-state index contributed by atoms with van der Waals surface area (Å²) in [6, 6.07) is -0.328. The van der Waals surface area contributed by atoms with Gasteiger partial charge in [0, 0.05) is 6.54 Å². The third-order valence-corrected chi connectivity index (χ3v) is 3.63. The summed E-state index contributed by atoms with van der Waals surface area (Å²) in [6.07, 6.45) is 0.719. The molecule has 0 bridgehead atoms. The van der Waals surface area contributed by atoms with Crippen LogP contribution in [0.5, 0.6) is 0 Å². The molecule has 2 amide bonds. The molecule has 1 rings (SSSR count). The van der Waals surface area contributed by atoms with E-state index in [1.165, 1.54) is 0 Å². The highest BCUT2D eigenvalue weighted by molar-refractivity contribution is 5.94. The van der Waals surface area contributed by atoms with E-state index in [-0.39, 0.29) is 24.4 Å². The van der Waals surface area contributed by atoms with Gasteiger partial charge in [-0.1, -0.05) is 34.6 Å². The molecule has 2 unspecified atom stereocenters. The number of amides is 2. The second-order valence-corrected chi connectivity index (χ2v) is 6.19. The van der Waals surface area contributed by atoms with Crippen LogP contribution in [0.3, 0.4) is 0 Å². The number of nitrogens with one attached hydrogen (secondary N) is 1. The van der Waals surface area contributed by atoms with Crippen molar-refractivity contribution in [2.24, 2.45) is 17.8 Å². The van der Waals surface area contributed by atoms with Crippen LogP contribution in [0, 0.1) is 17.8 Å². The molecule has 1 aliphatic heterocycles. The normalized spacial score (nSPS) is 22.6. The van der Waals surface area contributed by atoms with Crippen LogP contribution in [0.15, 0.2) is 0 Å². The SMILES string of the molecule is CC(C)CC1NC(=O)CN(CC(C)C(C)C)C1=O. The molecule has 0 aromatic heterocycles. The van der Waals surface area contributed by atoms with Crippen molar-refractivity contribution in [2.45, 2.75) is 47.1 Å². The van der Waals surface area contributed by atoms with Gasteiger partial charge in [0.15, 0.2) is 0 Å². The second kappa shape index (κ2) is 6.21. The van der Waals surface area contributed by atoms with Gasteiger partial charge in [0.05, 0.1) is 6.54 Å². The quantitative estimate of drug-likeness (QED) is 0.811. The number of piperazine rings is 1. The first-order valence-electron chi connectivity index (χ1n) is 6.89. The van der Waals surface area contributed by atoms with Crippen LogP contribution in [-0.4, -0.2) is 35.8 Å². The van der Waals surface area contributed by atoms with Crippen molar-refractivity contribution < 1.29 is 9.59 Å². The topological polar surface area (TPSA) is 49.4 Å². The minimum absolute atomic E-state index is 0.0313. The third-order valence-electron chi connectivity index (χ3n) is 3.63. The number of hydrogen-bond donors (Lipinski definition) is 1. The second-order valence-electron chi connectivity index (χ2n) is 6.19. The van der Waals surface area contributed by atoms with Crippen LogP contribution >= 0.6 is 0 Å². The van der Waals surface area contributed by atoms with Crippen LogP contribution < -0.4 is 5.32 Å². The Morgan fingerprint density at radius 2 is 1.83 bits per heavy atom. The van der Waals surface area contributed by atoms with Gasteiger partial charge in [-0.15, -0.1) is 0 Å². The molecule has 0 aliphatic carbocycles. The molecule has 0 spiro atoms. The molecule has 1 fully saturated rings. The van der Waals surface area contributed by atoms with E-state index in [0.29, 0.717) is 24.3 Å². The molecule has 4 heteroatoms. The Hall–Kier alpha value is -1.06. The number of carbonyl (C=O) groups is 2. The lowest BCUT2D eigenvalue weighted by Gasteiger charge is -2.35. The summed E-state index contributed by atoms with van der Waals surface area (Å²) >= 11 is 0. The molecule has 1 saturated heterocycles.